The first-order valence-electron chi connectivity index (χ1n) is 6.38. The summed E-state index contributed by atoms with van der Waals surface area (Å²) in [5, 5.41) is 13.6. The molecule has 0 aromatic heterocycles. The van der Waals surface area contributed by atoms with Crippen LogP contribution >= 0.6 is 0 Å². The van der Waals surface area contributed by atoms with Gasteiger partial charge in [0.05, 0.1) is 12.2 Å². The Balaban J connectivity index is 2.16. The molecule has 0 amide bonds. The predicted octanol–water partition coefficient (Wildman–Crippen LogP) is 0.0960. The van der Waals surface area contributed by atoms with E-state index in [2.05, 4.69) is 19.2 Å². The SMILES string of the molecule is CCCC1C(O)C(C)C(NC)C(N)C2OC12. The molecule has 1 aliphatic heterocycles. The molecule has 4 heteroatoms. The fraction of sp³-hybridized carbons (Fsp3) is 1.00. The highest BCUT2D eigenvalue weighted by Crippen LogP contribution is 2.42. The average molecular weight is 228 g/mol. The van der Waals surface area contributed by atoms with Gasteiger partial charge in [-0.15, -0.1) is 0 Å². The normalized spacial score (nSPS) is 51.9. The van der Waals surface area contributed by atoms with Gasteiger partial charge in [-0.1, -0.05) is 20.3 Å². The number of fused-ring (bicyclic) bond motifs is 1. The van der Waals surface area contributed by atoms with Gasteiger partial charge in [0.1, 0.15) is 6.10 Å². The van der Waals surface area contributed by atoms with E-state index >= 15 is 0 Å². The van der Waals surface area contributed by atoms with Gasteiger partial charge >= 0.3 is 0 Å². The molecule has 7 atom stereocenters. The van der Waals surface area contributed by atoms with Crippen LogP contribution in [0, 0.1) is 11.8 Å². The maximum absolute atomic E-state index is 10.4. The fourth-order valence-corrected chi connectivity index (χ4v) is 3.27. The molecule has 0 spiro atoms. The second-order valence-electron chi connectivity index (χ2n) is 5.26. The zero-order valence-corrected chi connectivity index (χ0v) is 10.4. The predicted molar refractivity (Wildman–Crippen MR) is 63.1 cm³/mol. The smallest absolute Gasteiger partial charge is 0.101 e. The van der Waals surface area contributed by atoms with Crippen LogP contribution in [-0.2, 0) is 4.74 Å². The van der Waals surface area contributed by atoms with Crippen LogP contribution in [0.1, 0.15) is 26.7 Å². The summed E-state index contributed by atoms with van der Waals surface area (Å²) in [6, 6.07) is 0.147. The summed E-state index contributed by atoms with van der Waals surface area (Å²) in [4.78, 5) is 0. The van der Waals surface area contributed by atoms with Crippen molar-refractivity contribution >= 4 is 0 Å². The number of epoxide rings is 1. The lowest BCUT2D eigenvalue weighted by molar-refractivity contribution is 0.0218. The van der Waals surface area contributed by atoms with Gasteiger partial charge in [0.25, 0.3) is 0 Å². The van der Waals surface area contributed by atoms with Crippen LogP contribution in [0.15, 0.2) is 0 Å². The summed E-state index contributed by atoms with van der Waals surface area (Å²) in [6.45, 7) is 4.23. The third kappa shape index (κ3) is 1.88. The summed E-state index contributed by atoms with van der Waals surface area (Å²) >= 11 is 0. The van der Waals surface area contributed by atoms with Crippen LogP contribution < -0.4 is 11.1 Å². The zero-order chi connectivity index (χ0) is 11.9. The van der Waals surface area contributed by atoms with Crippen molar-refractivity contribution < 1.29 is 9.84 Å². The van der Waals surface area contributed by atoms with Crippen LogP contribution in [-0.4, -0.2) is 42.5 Å². The van der Waals surface area contributed by atoms with Crippen molar-refractivity contribution in [3.05, 3.63) is 0 Å². The summed E-state index contributed by atoms with van der Waals surface area (Å²) in [5.74, 6) is 0.447. The summed E-state index contributed by atoms with van der Waals surface area (Å²) < 4.78 is 5.66. The first kappa shape index (κ1) is 12.3. The molecule has 4 nitrogen and oxygen atoms in total. The van der Waals surface area contributed by atoms with Crippen LogP contribution in [0.3, 0.4) is 0 Å². The molecule has 0 radical (unpaired) electrons. The van der Waals surface area contributed by atoms with Crippen molar-refractivity contribution in [2.24, 2.45) is 17.6 Å². The van der Waals surface area contributed by atoms with E-state index in [0.29, 0.717) is 0 Å². The monoisotopic (exact) mass is 228 g/mol. The Morgan fingerprint density at radius 2 is 2.06 bits per heavy atom. The van der Waals surface area contributed by atoms with E-state index in [1.807, 2.05) is 7.05 Å². The Morgan fingerprint density at radius 3 is 2.62 bits per heavy atom. The molecule has 0 bridgehead atoms. The Labute approximate surface area is 97.5 Å². The Hall–Kier alpha value is -0.160. The minimum absolute atomic E-state index is 0.00139. The van der Waals surface area contributed by atoms with E-state index < -0.39 is 0 Å². The summed E-state index contributed by atoms with van der Waals surface area (Å²) in [7, 11) is 1.91. The van der Waals surface area contributed by atoms with Crippen molar-refractivity contribution in [3.63, 3.8) is 0 Å². The largest absolute Gasteiger partial charge is 0.392 e. The number of rotatable bonds is 3. The van der Waals surface area contributed by atoms with Gasteiger partial charge in [-0.3, -0.25) is 0 Å². The van der Waals surface area contributed by atoms with Crippen LogP contribution in [0.25, 0.3) is 0 Å². The van der Waals surface area contributed by atoms with E-state index in [1.165, 1.54) is 0 Å². The molecule has 2 aliphatic rings. The Bertz CT molecular complexity index is 249. The van der Waals surface area contributed by atoms with Gasteiger partial charge in [-0.2, -0.15) is 0 Å². The van der Waals surface area contributed by atoms with Crippen molar-refractivity contribution in [2.75, 3.05) is 7.05 Å². The van der Waals surface area contributed by atoms with Gasteiger partial charge in [0.15, 0.2) is 0 Å². The van der Waals surface area contributed by atoms with Gasteiger partial charge in [-0.25, -0.2) is 0 Å². The molecular weight excluding hydrogens is 204 g/mol. The molecule has 2 rings (SSSR count). The van der Waals surface area contributed by atoms with Gasteiger partial charge in [0.2, 0.25) is 0 Å². The van der Waals surface area contributed by atoms with Crippen LogP contribution in [0.5, 0.6) is 0 Å². The lowest BCUT2D eigenvalue weighted by Gasteiger charge is -2.32. The molecule has 0 aromatic carbocycles. The number of likely N-dealkylation sites (N-methyl/N-ethyl adjacent to an activating group) is 1. The first-order valence-corrected chi connectivity index (χ1v) is 6.38. The van der Waals surface area contributed by atoms with Gasteiger partial charge < -0.3 is 20.9 Å². The van der Waals surface area contributed by atoms with Gasteiger partial charge in [0, 0.05) is 18.0 Å². The van der Waals surface area contributed by atoms with Crippen molar-refractivity contribution in [2.45, 2.75) is 57.1 Å². The minimum atomic E-state index is -0.305. The zero-order valence-electron chi connectivity index (χ0n) is 10.4. The Kier molecular flexibility index (Phi) is 3.54. The molecular formula is C12H24N2O2. The lowest BCUT2D eigenvalue weighted by Crippen LogP contribution is -2.52. The van der Waals surface area contributed by atoms with Crippen molar-refractivity contribution in [1.82, 2.24) is 5.32 Å². The standard InChI is InChI=1S/C12H24N2O2/c1-4-5-7-10(15)6(2)9(14-3)8(13)12-11(7)16-12/h6-12,14-15H,4-5,13H2,1-3H3. The van der Waals surface area contributed by atoms with E-state index in [1.54, 1.807) is 0 Å². The molecule has 1 saturated carbocycles. The molecule has 0 aromatic rings. The summed E-state index contributed by atoms with van der Waals surface area (Å²) in [5.41, 5.74) is 6.19. The molecule has 4 N–H and O–H groups in total. The highest BCUT2D eigenvalue weighted by molar-refractivity contribution is 5.08. The topological polar surface area (TPSA) is 70.8 Å². The number of hydrogen-bond donors (Lipinski definition) is 3. The molecule has 94 valence electrons. The number of ether oxygens (including phenoxy) is 1. The van der Waals surface area contributed by atoms with Gasteiger partial charge in [-0.05, 0) is 19.4 Å². The third-order valence-electron chi connectivity index (χ3n) is 4.28. The van der Waals surface area contributed by atoms with Crippen molar-refractivity contribution in [1.29, 1.82) is 0 Å². The van der Waals surface area contributed by atoms with Crippen LogP contribution in [0.4, 0.5) is 0 Å². The Morgan fingerprint density at radius 1 is 1.38 bits per heavy atom. The highest BCUT2D eigenvalue weighted by Gasteiger charge is 2.56. The average Bonchev–Trinajstić information content (AvgIpc) is 3.04. The number of hydrogen-bond acceptors (Lipinski definition) is 4. The van der Waals surface area contributed by atoms with E-state index in [0.717, 1.165) is 12.8 Å². The van der Waals surface area contributed by atoms with Crippen molar-refractivity contribution in [3.8, 4) is 0 Å². The third-order valence-corrected chi connectivity index (χ3v) is 4.28. The second-order valence-corrected chi connectivity index (χ2v) is 5.26. The second kappa shape index (κ2) is 4.61. The number of aliphatic hydroxyl groups excluding tert-OH is 1. The fourth-order valence-electron chi connectivity index (χ4n) is 3.27. The molecule has 1 saturated heterocycles. The number of aliphatic hydroxyl groups is 1. The quantitative estimate of drug-likeness (QED) is 0.599. The lowest BCUT2D eigenvalue weighted by atomic mass is 9.85. The number of nitrogens with one attached hydrogen (secondary N) is 1. The van der Waals surface area contributed by atoms with E-state index in [4.69, 9.17) is 10.5 Å². The van der Waals surface area contributed by atoms with E-state index in [-0.39, 0.29) is 42.2 Å². The molecule has 1 heterocycles. The maximum atomic E-state index is 10.4. The van der Waals surface area contributed by atoms with Crippen LogP contribution in [0.2, 0.25) is 0 Å². The maximum Gasteiger partial charge on any atom is 0.101 e. The molecule has 7 unspecified atom stereocenters. The minimum Gasteiger partial charge on any atom is -0.392 e. The van der Waals surface area contributed by atoms with E-state index in [9.17, 15) is 5.11 Å². The molecule has 16 heavy (non-hydrogen) atoms. The number of nitrogens with two attached hydrogens (primary N) is 1. The first-order chi connectivity index (χ1) is 7.61. The summed E-state index contributed by atoms with van der Waals surface area (Å²) in [6.07, 6.45) is 2.14. The molecule has 1 aliphatic carbocycles. The highest BCUT2D eigenvalue weighted by atomic mass is 16.6. The molecule has 2 fully saturated rings.